The van der Waals surface area contributed by atoms with Crippen LogP contribution in [-0.2, 0) is 9.59 Å². The van der Waals surface area contributed by atoms with Gasteiger partial charge in [-0.25, -0.2) is 4.79 Å². The molecular weight excluding hydrogens is 232 g/mol. The van der Waals surface area contributed by atoms with Crippen molar-refractivity contribution in [2.45, 2.75) is 46.5 Å². The van der Waals surface area contributed by atoms with Crippen molar-refractivity contribution >= 4 is 17.8 Å². The van der Waals surface area contributed by atoms with E-state index < -0.39 is 17.9 Å². The molecule has 1 aliphatic rings. The van der Waals surface area contributed by atoms with Gasteiger partial charge in [0.25, 0.3) is 0 Å². The van der Waals surface area contributed by atoms with E-state index in [4.69, 9.17) is 0 Å². The summed E-state index contributed by atoms with van der Waals surface area (Å²) in [5.41, 5.74) is 0. The standard InChI is InChI=1S/C13H22N2O3/c1-4-6-7-10(5-2)8-15-12(17)9(3)11(16)14-13(15)18/h9-10H,4-8H2,1-3H3,(H,14,16,18). The summed E-state index contributed by atoms with van der Waals surface area (Å²) in [6.07, 6.45) is 4.13. The Morgan fingerprint density at radius 3 is 2.50 bits per heavy atom. The van der Waals surface area contributed by atoms with Crippen LogP contribution in [0.1, 0.15) is 46.5 Å². The molecule has 102 valence electrons. The summed E-state index contributed by atoms with van der Waals surface area (Å²) in [6.45, 7) is 6.12. The number of carbonyl (C=O) groups is 3. The third-order valence-electron chi connectivity index (χ3n) is 3.49. The Bertz CT molecular complexity index is 341. The van der Waals surface area contributed by atoms with Crippen molar-refractivity contribution in [1.29, 1.82) is 0 Å². The van der Waals surface area contributed by atoms with Crippen molar-refractivity contribution in [2.24, 2.45) is 11.8 Å². The fraction of sp³-hybridized carbons (Fsp3) is 0.769. The number of amides is 4. The quantitative estimate of drug-likeness (QED) is 0.736. The summed E-state index contributed by atoms with van der Waals surface area (Å²) < 4.78 is 0. The van der Waals surface area contributed by atoms with Crippen LogP contribution in [-0.4, -0.2) is 29.3 Å². The smallest absolute Gasteiger partial charge is 0.277 e. The Kier molecular flexibility index (Phi) is 5.31. The van der Waals surface area contributed by atoms with Crippen LogP contribution >= 0.6 is 0 Å². The molecule has 4 amide bonds. The Labute approximate surface area is 108 Å². The molecule has 0 radical (unpaired) electrons. The second-order valence-corrected chi connectivity index (χ2v) is 4.88. The Balaban J connectivity index is 2.66. The summed E-state index contributed by atoms with van der Waals surface area (Å²) in [5, 5.41) is 2.22. The molecule has 0 aromatic carbocycles. The lowest BCUT2D eigenvalue weighted by Crippen LogP contribution is -2.58. The van der Waals surface area contributed by atoms with Gasteiger partial charge in [0.1, 0.15) is 5.92 Å². The normalized spacial score (nSPS) is 22.1. The molecule has 5 heteroatoms. The van der Waals surface area contributed by atoms with Gasteiger partial charge in [-0.3, -0.25) is 19.8 Å². The largest absolute Gasteiger partial charge is 0.330 e. The summed E-state index contributed by atoms with van der Waals surface area (Å²) in [5.74, 6) is -1.31. The number of unbranched alkanes of at least 4 members (excludes halogenated alkanes) is 1. The van der Waals surface area contributed by atoms with Gasteiger partial charge in [-0.2, -0.15) is 0 Å². The highest BCUT2D eigenvalue weighted by molar-refractivity contribution is 6.15. The van der Waals surface area contributed by atoms with Crippen LogP contribution in [0, 0.1) is 11.8 Å². The van der Waals surface area contributed by atoms with Gasteiger partial charge in [0.05, 0.1) is 0 Å². The molecule has 2 unspecified atom stereocenters. The zero-order chi connectivity index (χ0) is 13.7. The first kappa shape index (κ1) is 14.7. The van der Waals surface area contributed by atoms with Crippen molar-refractivity contribution in [3.8, 4) is 0 Å². The van der Waals surface area contributed by atoms with E-state index in [0.717, 1.165) is 25.7 Å². The van der Waals surface area contributed by atoms with E-state index in [2.05, 4.69) is 19.2 Å². The van der Waals surface area contributed by atoms with Gasteiger partial charge in [0.15, 0.2) is 0 Å². The van der Waals surface area contributed by atoms with Crippen molar-refractivity contribution in [3.05, 3.63) is 0 Å². The van der Waals surface area contributed by atoms with Crippen molar-refractivity contribution in [2.75, 3.05) is 6.54 Å². The minimum atomic E-state index is -0.758. The van der Waals surface area contributed by atoms with E-state index in [1.165, 1.54) is 11.8 Å². The SMILES string of the molecule is CCCCC(CC)CN1C(=O)NC(=O)C(C)C1=O. The molecule has 2 atom stereocenters. The lowest BCUT2D eigenvalue weighted by molar-refractivity contribution is -0.142. The highest BCUT2D eigenvalue weighted by Crippen LogP contribution is 2.18. The zero-order valence-electron chi connectivity index (χ0n) is 11.4. The third kappa shape index (κ3) is 3.31. The molecule has 1 saturated heterocycles. The van der Waals surface area contributed by atoms with Gasteiger partial charge in [-0.1, -0.05) is 33.1 Å². The van der Waals surface area contributed by atoms with Crippen molar-refractivity contribution < 1.29 is 14.4 Å². The lowest BCUT2D eigenvalue weighted by Gasteiger charge is -2.31. The molecule has 5 nitrogen and oxygen atoms in total. The Morgan fingerprint density at radius 1 is 1.28 bits per heavy atom. The average molecular weight is 254 g/mol. The minimum Gasteiger partial charge on any atom is -0.277 e. The maximum Gasteiger partial charge on any atom is 0.330 e. The number of nitrogens with one attached hydrogen (secondary N) is 1. The molecule has 1 aliphatic heterocycles. The van der Waals surface area contributed by atoms with E-state index in [1.807, 2.05) is 0 Å². The summed E-state index contributed by atoms with van der Waals surface area (Å²) in [4.78, 5) is 36.1. The van der Waals surface area contributed by atoms with Crippen molar-refractivity contribution in [3.63, 3.8) is 0 Å². The maximum absolute atomic E-state index is 11.9. The number of hydrogen-bond acceptors (Lipinski definition) is 3. The van der Waals surface area contributed by atoms with Crippen LogP contribution in [0.4, 0.5) is 4.79 Å². The number of nitrogens with zero attached hydrogens (tertiary/aromatic N) is 1. The van der Waals surface area contributed by atoms with Crippen LogP contribution in [0.2, 0.25) is 0 Å². The first-order valence-corrected chi connectivity index (χ1v) is 6.67. The van der Waals surface area contributed by atoms with Gasteiger partial charge >= 0.3 is 6.03 Å². The van der Waals surface area contributed by atoms with E-state index in [1.54, 1.807) is 0 Å². The van der Waals surface area contributed by atoms with Crippen LogP contribution in [0.5, 0.6) is 0 Å². The van der Waals surface area contributed by atoms with E-state index in [0.29, 0.717) is 12.5 Å². The molecule has 0 aromatic heterocycles. The fourth-order valence-electron chi connectivity index (χ4n) is 2.08. The van der Waals surface area contributed by atoms with Gasteiger partial charge in [-0.05, 0) is 19.3 Å². The predicted octanol–water partition coefficient (Wildman–Crippen LogP) is 1.92. The summed E-state index contributed by atoms with van der Waals surface area (Å²) in [7, 11) is 0. The highest BCUT2D eigenvalue weighted by atomic mass is 16.2. The molecule has 1 N–H and O–H groups in total. The average Bonchev–Trinajstić information content (AvgIpc) is 2.35. The number of carbonyl (C=O) groups excluding carboxylic acids is 3. The fourth-order valence-corrected chi connectivity index (χ4v) is 2.08. The molecule has 1 heterocycles. The van der Waals surface area contributed by atoms with Gasteiger partial charge in [0, 0.05) is 6.54 Å². The van der Waals surface area contributed by atoms with Crippen LogP contribution in [0.15, 0.2) is 0 Å². The number of barbiturate groups is 1. The van der Waals surface area contributed by atoms with Crippen molar-refractivity contribution in [1.82, 2.24) is 10.2 Å². The number of imide groups is 2. The predicted molar refractivity (Wildman–Crippen MR) is 67.7 cm³/mol. The molecule has 0 spiro atoms. The Morgan fingerprint density at radius 2 is 1.94 bits per heavy atom. The molecule has 18 heavy (non-hydrogen) atoms. The first-order valence-electron chi connectivity index (χ1n) is 6.67. The molecule has 0 aliphatic carbocycles. The molecule has 1 fully saturated rings. The van der Waals surface area contributed by atoms with Crippen LogP contribution in [0.25, 0.3) is 0 Å². The Hall–Kier alpha value is -1.39. The third-order valence-corrected chi connectivity index (χ3v) is 3.49. The molecule has 0 aromatic rings. The number of urea groups is 1. The topological polar surface area (TPSA) is 66.5 Å². The highest BCUT2D eigenvalue weighted by Gasteiger charge is 2.37. The lowest BCUT2D eigenvalue weighted by atomic mass is 9.97. The molecule has 0 bridgehead atoms. The second-order valence-electron chi connectivity index (χ2n) is 4.88. The maximum atomic E-state index is 11.9. The zero-order valence-corrected chi connectivity index (χ0v) is 11.4. The molecule has 0 saturated carbocycles. The van der Waals surface area contributed by atoms with E-state index in [9.17, 15) is 14.4 Å². The minimum absolute atomic E-state index is 0.319. The monoisotopic (exact) mass is 254 g/mol. The molecule has 1 rings (SSSR count). The van der Waals surface area contributed by atoms with Gasteiger partial charge < -0.3 is 0 Å². The second kappa shape index (κ2) is 6.52. The summed E-state index contributed by atoms with van der Waals surface area (Å²) >= 11 is 0. The van der Waals surface area contributed by atoms with Crippen LogP contribution in [0.3, 0.4) is 0 Å². The summed E-state index contributed by atoms with van der Waals surface area (Å²) in [6, 6.07) is -0.571. The number of hydrogen-bond donors (Lipinski definition) is 1. The van der Waals surface area contributed by atoms with Crippen LogP contribution < -0.4 is 5.32 Å². The first-order chi connectivity index (χ1) is 8.51. The molecular formula is C13H22N2O3. The van der Waals surface area contributed by atoms with Gasteiger partial charge in [0.2, 0.25) is 11.8 Å². The van der Waals surface area contributed by atoms with Gasteiger partial charge in [-0.15, -0.1) is 0 Å². The number of rotatable bonds is 6. The van der Waals surface area contributed by atoms with E-state index >= 15 is 0 Å². The van der Waals surface area contributed by atoms with E-state index in [-0.39, 0.29) is 5.91 Å².